The van der Waals surface area contributed by atoms with Gasteiger partial charge in [-0.2, -0.15) is 0 Å². The van der Waals surface area contributed by atoms with E-state index >= 15 is 0 Å². The number of benzene rings is 1. The van der Waals surface area contributed by atoms with E-state index in [9.17, 15) is 0 Å². The number of ether oxygens (including phenoxy) is 1. The molecule has 0 bridgehead atoms. The summed E-state index contributed by atoms with van der Waals surface area (Å²) in [5.74, 6) is 0.947. The standard InChI is InChI=1S/C14H21NO/c1-14(2,3)16-13-8-4-11(5-9-13)10-15-12-6-7-12/h4-5,8-9,12,15H,6-7,10H2,1-3H3. The maximum atomic E-state index is 5.77. The molecule has 0 atom stereocenters. The second-order valence-corrected chi connectivity index (χ2v) is 5.51. The monoisotopic (exact) mass is 219 g/mol. The molecule has 1 saturated carbocycles. The summed E-state index contributed by atoms with van der Waals surface area (Å²) in [7, 11) is 0. The van der Waals surface area contributed by atoms with E-state index in [2.05, 4.69) is 50.4 Å². The second kappa shape index (κ2) is 4.46. The summed E-state index contributed by atoms with van der Waals surface area (Å²) < 4.78 is 5.77. The van der Waals surface area contributed by atoms with Crippen LogP contribution < -0.4 is 10.1 Å². The van der Waals surface area contributed by atoms with Crippen molar-refractivity contribution in [1.82, 2.24) is 5.32 Å². The van der Waals surface area contributed by atoms with Gasteiger partial charge in [-0.25, -0.2) is 0 Å². The molecule has 2 nitrogen and oxygen atoms in total. The third-order valence-corrected chi connectivity index (χ3v) is 2.52. The van der Waals surface area contributed by atoms with Crippen molar-refractivity contribution in [2.75, 3.05) is 0 Å². The molecule has 0 unspecified atom stereocenters. The van der Waals surface area contributed by atoms with Gasteiger partial charge in [0.05, 0.1) is 0 Å². The van der Waals surface area contributed by atoms with Crippen LogP contribution >= 0.6 is 0 Å². The summed E-state index contributed by atoms with van der Waals surface area (Å²) in [5.41, 5.74) is 1.21. The first-order chi connectivity index (χ1) is 7.53. The van der Waals surface area contributed by atoms with Crippen LogP contribution in [0.1, 0.15) is 39.2 Å². The van der Waals surface area contributed by atoms with Crippen molar-refractivity contribution in [3.05, 3.63) is 29.8 Å². The van der Waals surface area contributed by atoms with Gasteiger partial charge in [0.15, 0.2) is 0 Å². The highest BCUT2D eigenvalue weighted by molar-refractivity contribution is 5.27. The highest BCUT2D eigenvalue weighted by Crippen LogP contribution is 2.21. The molecule has 2 rings (SSSR count). The van der Waals surface area contributed by atoms with Crippen molar-refractivity contribution in [3.8, 4) is 5.75 Å². The highest BCUT2D eigenvalue weighted by atomic mass is 16.5. The molecule has 0 aliphatic heterocycles. The van der Waals surface area contributed by atoms with Crippen LogP contribution in [0.4, 0.5) is 0 Å². The fourth-order valence-corrected chi connectivity index (χ4v) is 1.58. The molecule has 1 aromatic rings. The van der Waals surface area contributed by atoms with E-state index in [1.54, 1.807) is 0 Å². The Balaban J connectivity index is 1.87. The van der Waals surface area contributed by atoms with Gasteiger partial charge < -0.3 is 10.1 Å². The van der Waals surface area contributed by atoms with E-state index in [-0.39, 0.29) is 5.60 Å². The zero-order valence-corrected chi connectivity index (χ0v) is 10.4. The topological polar surface area (TPSA) is 21.3 Å². The van der Waals surface area contributed by atoms with Gasteiger partial charge in [0.25, 0.3) is 0 Å². The first kappa shape index (κ1) is 11.5. The van der Waals surface area contributed by atoms with Crippen molar-refractivity contribution in [1.29, 1.82) is 0 Å². The molecule has 0 amide bonds. The molecule has 1 aromatic carbocycles. The molecule has 0 heterocycles. The number of rotatable bonds is 4. The van der Waals surface area contributed by atoms with Crippen LogP contribution in [0, 0.1) is 0 Å². The lowest BCUT2D eigenvalue weighted by Gasteiger charge is -2.21. The van der Waals surface area contributed by atoms with Crippen molar-refractivity contribution < 1.29 is 4.74 Å². The van der Waals surface area contributed by atoms with Crippen LogP contribution in [-0.4, -0.2) is 11.6 Å². The molecule has 1 aliphatic carbocycles. The van der Waals surface area contributed by atoms with E-state index in [4.69, 9.17) is 4.74 Å². The summed E-state index contributed by atoms with van der Waals surface area (Å²) in [6.07, 6.45) is 2.68. The molecule has 1 fully saturated rings. The van der Waals surface area contributed by atoms with Gasteiger partial charge in [0, 0.05) is 12.6 Å². The van der Waals surface area contributed by atoms with E-state index in [0.717, 1.165) is 18.3 Å². The van der Waals surface area contributed by atoms with Gasteiger partial charge in [-0.1, -0.05) is 12.1 Å². The van der Waals surface area contributed by atoms with Gasteiger partial charge in [-0.05, 0) is 51.3 Å². The molecule has 0 radical (unpaired) electrons. The Kier molecular flexibility index (Phi) is 3.20. The van der Waals surface area contributed by atoms with Gasteiger partial charge in [-0.3, -0.25) is 0 Å². The molecule has 88 valence electrons. The van der Waals surface area contributed by atoms with Crippen LogP contribution in [0.2, 0.25) is 0 Å². The van der Waals surface area contributed by atoms with Crippen molar-refractivity contribution >= 4 is 0 Å². The molecule has 0 saturated heterocycles. The Labute approximate surface area is 98.0 Å². The third kappa shape index (κ3) is 3.86. The summed E-state index contributed by atoms with van der Waals surface area (Å²) in [6, 6.07) is 9.14. The Morgan fingerprint density at radius 3 is 2.31 bits per heavy atom. The largest absolute Gasteiger partial charge is 0.488 e. The first-order valence-electron chi connectivity index (χ1n) is 6.04. The quantitative estimate of drug-likeness (QED) is 0.840. The molecule has 1 N–H and O–H groups in total. The predicted octanol–water partition coefficient (Wildman–Crippen LogP) is 3.12. The van der Waals surface area contributed by atoms with Crippen LogP contribution in [0.5, 0.6) is 5.75 Å². The first-order valence-corrected chi connectivity index (χ1v) is 6.04. The summed E-state index contributed by atoms with van der Waals surface area (Å²) in [4.78, 5) is 0. The van der Waals surface area contributed by atoms with Gasteiger partial charge >= 0.3 is 0 Å². The van der Waals surface area contributed by atoms with Crippen LogP contribution in [0.25, 0.3) is 0 Å². The molecule has 16 heavy (non-hydrogen) atoms. The van der Waals surface area contributed by atoms with Crippen LogP contribution in [0.3, 0.4) is 0 Å². The fourth-order valence-electron chi connectivity index (χ4n) is 1.58. The molecular weight excluding hydrogens is 198 g/mol. The smallest absolute Gasteiger partial charge is 0.120 e. The zero-order valence-electron chi connectivity index (χ0n) is 10.4. The molecule has 0 aromatic heterocycles. The Hall–Kier alpha value is -1.02. The SMILES string of the molecule is CC(C)(C)Oc1ccc(CNC2CC2)cc1. The number of hydrogen-bond acceptors (Lipinski definition) is 2. The summed E-state index contributed by atoms with van der Waals surface area (Å²) in [6.45, 7) is 7.17. The van der Waals surface area contributed by atoms with E-state index < -0.39 is 0 Å². The van der Waals surface area contributed by atoms with E-state index in [1.807, 2.05) is 0 Å². The van der Waals surface area contributed by atoms with Crippen molar-refractivity contribution in [3.63, 3.8) is 0 Å². The maximum Gasteiger partial charge on any atom is 0.120 e. The van der Waals surface area contributed by atoms with E-state index in [1.165, 1.54) is 18.4 Å². The Morgan fingerprint density at radius 1 is 1.19 bits per heavy atom. The van der Waals surface area contributed by atoms with Gasteiger partial charge in [-0.15, -0.1) is 0 Å². The molecule has 0 spiro atoms. The van der Waals surface area contributed by atoms with Crippen LogP contribution in [-0.2, 0) is 6.54 Å². The zero-order chi connectivity index (χ0) is 11.6. The average molecular weight is 219 g/mol. The average Bonchev–Trinajstić information content (AvgIpc) is 2.98. The normalized spacial score (nSPS) is 16.2. The third-order valence-electron chi connectivity index (χ3n) is 2.52. The van der Waals surface area contributed by atoms with Crippen LogP contribution in [0.15, 0.2) is 24.3 Å². The van der Waals surface area contributed by atoms with E-state index in [0.29, 0.717) is 0 Å². The summed E-state index contributed by atoms with van der Waals surface area (Å²) in [5, 5.41) is 3.50. The number of hydrogen-bond donors (Lipinski definition) is 1. The van der Waals surface area contributed by atoms with Gasteiger partial charge in [0.2, 0.25) is 0 Å². The fraction of sp³-hybridized carbons (Fsp3) is 0.571. The second-order valence-electron chi connectivity index (χ2n) is 5.51. The minimum Gasteiger partial charge on any atom is -0.488 e. The number of nitrogens with one attached hydrogen (secondary N) is 1. The Bertz CT molecular complexity index is 333. The summed E-state index contributed by atoms with van der Waals surface area (Å²) >= 11 is 0. The molecule has 1 aliphatic rings. The maximum absolute atomic E-state index is 5.77. The highest BCUT2D eigenvalue weighted by Gasteiger charge is 2.19. The van der Waals surface area contributed by atoms with Gasteiger partial charge in [0.1, 0.15) is 11.4 Å². The predicted molar refractivity (Wildman–Crippen MR) is 66.7 cm³/mol. The Morgan fingerprint density at radius 2 is 1.81 bits per heavy atom. The molecule has 2 heteroatoms. The van der Waals surface area contributed by atoms with Crippen molar-refractivity contribution in [2.24, 2.45) is 0 Å². The minimum atomic E-state index is -0.117. The lowest BCUT2D eigenvalue weighted by molar-refractivity contribution is 0.131. The lowest BCUT2D eigenvalue weighted by Crippen LogP contribution is -2.22. The lowest BCUT2D eigenvalue weighted by atomic mass is 10.1. The molecular formula is C14H21NO. The van der Waals surface area contributed by atoms with Crippen molar-refractivity contribution in [2.45, 2.75) is 51.8 Å². The minimum absolute atomic E-state index is 0.117.